The highest BCUT2D eigenvalue weighted by molar-refractivity contribution is 4.74. The fourth-order valence-corrected chi connectivity index (χ4v) is 0.787. The maximum Gasteiger partial charge on any atom is 0.200 e. The van der Waals surface area contributed by atoms with Gasteiger partial charge in [0.15, 0.2) is 5.82 Å². The van der Waals surface area contributed by atoms with Gasteiger partial charge in [-0.05, 0) is 19.1 Å². The summed E-state index contributed by atoms with van der Waals surface area (Å²) in [5.41, 5.74) is 5.40. The second-order valence-corrected chi connectivity index (χ2v) is 3.68. The molecule has 2 N–H and O–H groups in total. The minimum atomic E-state index is -0.317. The van der Waals surface area contributed by atoms with Crippen molar-refractivity contribution in [2.75, 3.05) is 6.61 Å². The van der Waals surface area contributed by atoms with E-state index in [-0.39, 0.29) is 5.54 Å². The quantitative estimate of drug-likeness (QED) is 0.681. The summed E-state index contributed by atoms with van der Waals surface area (Å²) in [6.07, 6.45) is 0. The topological polar surface area (TPSA) is 78.8 Å². The Bertz CT molecular complexity index is 264. The van der Waals surface area contributed by atoms with Gasteiger partial charge in [-0.3, -0.25) is 0 Å². The highest BCUT2D eigenvalue weighted by Gasteiger charge is 2.11. The van der Waals surface area contributed by atoms with E-state index in [0.717, 1.165) is 0 Å². The highest BCUT2D eigenvalue weighted by atomic mass is 16.5. The molecule has 0 saturated heterocycles. The highest BCUT2D eigenvalue weighted by Crippen LogP contribution is 1.99. The van der Waals surface area contributed by atoms with Gasteiger partial charge in [-0.2, -0.15) is 4.80 Å². The third-order valence-corrected chi connectivity index (χ3v) is 1.25. The van der Waals surface area contributed by atoms with Gasteiger partial charge in [-0.15, -0.1) is 10.2 Å². The van der Waals surface area contributed by atoms with Crippen LogP contribution in [0.1, 0.15) is 19.7 Å². The van der Waals surface area contributed by atoms with Crippen molar-refractivity contribution in [2.24, 2.45) is 12.8 Å². The van der Waals surface area contributed by atoms with Crippen molar-refractivity contribution in [3.63, 3.8) is 0 Å². The van der Waals surface area contributed by atoms with Crippen molar-refractivity contribution in [2.45, 2.75) is 26.0 Å². The summed E-state index contributed by atoms with van der Waals surface area (Å²) < 4.78 is 5.29. The third kappa shape index (κ3) is 3.95. The zero-order valence-corrected chi connectivity index (χ0v) is 8.19. The van der Waals surface area contributed by atoms with Crippen molar-refractivity contribution in [3.05, 3.63) is 5.82 Å². The Morgan fingerprint density at radius 3 is 2.69 bits per heavy atom. The Hall–Kier alpha value is -1.01. The molecule has 0 radical (unpaired) electrons. The standard InChI is InChI=1S/C7H15N5O/c1-7(2,8)5-13-4-6-9-11-12(3)10-6/h4-5,8H2,1-3H3. The first-order chi connectivity index (χ1) is 5.97. The molecule has 1 aromatic heterocycles. The van der Waals surface area contributed by atoms with Crippen LogP contribution >= 0.6 is 0 Å². The van der Waals surface area contributed by atoms with Gasteiger partial charge >= 0.3 is 0 Å². The first-order valence-electron chi connectivity index (χ1n) is 4.07. The maximum atomic E-state index is 5.72. The van der Waals surface area contributed by atoms with Crippen molar-refractivity contribution in [3.8, 4) is 0 Å². The number of rotatable bonds is 4. The van der Waals surface area contributed by atoms with E-state index in [1.165, 1.54) is 4.80 Å². The van der Waals surface area contributed by atoms with Crippen molar-refractivity contribution >= 4 is 0 Å². The summed E-state index contributed by atoms with van der Waals surface area (Å²) in [6, 6.07) is 0. The second kappa shape index (κ2) is 3.80. The first-order valence-corrected chi connectivity index (χ1v) is 4.07. The molecular formula is C7H15N5O. The van der Waals surface area contributed by atoms with Gasteiger partial charge in [-0.1, -0.05) is 0 Å². The Balaban J connectivity index is 2.28. The molecule has 1 heterocycles. The van der Waals surface area contributed by atoms with Crippen LogP contribution in [-0.4, -0.2) is 32.4 Å². The first kappa shape index (κ1) is 10.1. The van der Waals surface area contributed by atoms with E-state index < -0.39 is 0 Å². The molecule has 0 saturated carbocycles. The van der Waals surface area contributed by atoms with Crippen LogP contribution in [-0.2, 0) is 18.4 Å². The van der Waals surface area contributed by atoms with Crippen LogP contribution < -0.4 is 5.73 Å². The van der Waals surface area contributed by atoms with Crippen molar-refractivity contribution in [1.82, 2.24) is 20.2 Å². The molecule has 6 heteroatoms. The van der Waals surface area contributed by atoms with E-state index in [2.05, 4.69) is 15.4 Å². The van der Waals surface area contributed by atoms with E-state index in [9.17, 15) is 0 Å². The third-order valence-electron chi connectivity index (χ3n) is 1.25. The van der Waals surface area contributed by atoms with Gasteiger partial charge in [0.1, 0.15) is 6.61 Å². The minimum absolute atomic E-state index is 0.317. The van der Waals surface area contributed by atoms with Crippen LogP contribution in [0.15, 0.2) is 0 Å². The van der Waals surface area contributed by atoms with Crippen LogP contribution in [0, 0.1) is 0 Å². The van der Waals surface area contributed by atoms with Gasteiger partial charge in [0.25, 0.3) is 0 Å². The van der Waals surface area contributed by atoms with E-state index in [1.54, 1.807) is 7.05 Å². The van der Waals surface area contributed by atoms with Gasteiger partial charge < -0.3 is 10.5 Å². The number of nitrogens with zero attached hydrogens (tertiary/aromatic N) is 4. The molecule has 1 aromatic rings. The number of tetrazole rings is 1. The lowest BCUT2D eigenvalue weighted by atomic mass is 10.1. The van der Waals surface area contributed by atoms with Gasteiger partial charge in [0.05, 0.1) is 13.7 Å². The predicted octanol–water partition coefficient (Wildman–Crippen LogP) is -0.536. The second-order valence-electron chi connectivity index (χ2n) is 3.68. The lowest BCUT2D eigenvalue weighted by Crippen LogP contribution is -2.37. The van der Waals surface area contributed by atoms with E-state index in [4.69, 9.17) is 10.5 Å². The average Bonchev–Trinajstić information content (AvgIpc) is 2.33. The number of aromatic nitrogens is 4. The molecule has 0 atom stereocenters. The Morgan fingerprint density at radius 1 is 1.54 bits per heavy atom. The predicted molar refractivity (Wildman–Crippen MR) is 46.7 cm³/mol. The molecule has 0 aliphatic rings. The Kier molecular flexibility index (Phi) is 2.94. The van der Waals surface area contributed by atoms with Crippen LogP contribution in [0.5, 0.6) is 0 Å². The lowest BCUT2D eigenvalue weighted by Gasteiger charge is -2.17. The van der Waals surface area contributed by atoms with Crippen LogP contribution in [0.2, 0.25) is 0 Å². The van der Waals surface area contributed by atoms with Gasteiger partial charge in [0.2, 0.25) is 0 Å². The Labute approximate surface area is 77.1 Å². The molecule has 0 spiro atoms. The zero-order chi connectivity index (χ0) is 9.90. The summed E-state index contributed by atoms with van der Waals surface area (Å²) in [6.45, 7) is 4.63. The lowest BCUT2D eigenvalue weighted by molar-refractivity contribution is 0.0806. The number of hydrogen-bond donors (Lipinski definition) is 1. The molecule has 0 aliphatic carbocycles. The summed E-state index contributed by atoms with van der Waals surface area (Å²) in [4.78, 5) is 1.40. The van der Waals surface area contributed by atoms with Gasteiger partial charge in [0, 0.05) is 5.54 Å². The zero-order valence-electron chi connectivity index (χ0n) is 8.19. The van der Waals surface area contributed by atoms with Crippen LogP contribution in [0.25, 0.3) is 0 Å². The van der Waals surface area contributed by atoms with Crippen LogP contribution in [0.4, 0.5) is 0 Å². The average molecular weight is 185 g/mol. The fourth-order valence-electron chi connectivity index (χ4n) is 0.787. The van der Waals surface area contributed by atoms with E-state index in [0.29, 0.717) is 19.0 Å². The van der Waals surface area contributed by atoms with E-state index >= 15 is 0 Å². The number of hydrogen-bond acceptors (Lipinski definition) is 5. The molecule has 13 heavy (non-hydrogen) atoms. The van der Waals surface area contributed by atoms with E-state index in [1.807, 2.05) is 13.8 Å². The summed E-state index contributed by atoms with van der Waals surface area (Å²) in [5, 5.41) is 11.4. The van der Waals surface area contributed by atoms with Crippen molar-refractivity contribution < 1.29 is 4.74 Å². The normalized spacial score (nSPS) is 12.0. The monoisotopic (exact) mass is 185 g/mol. The molecule has 0 aromatic carbocycles. The summed E-state index contributed by atoms with van der Waals surface area (Å²) in [7, 11) is 1.71. The number of aryl methyl sites for hydroxylation is 1. The smallest absolute Gasteiger partial charge is 0.200 e. The Morgan fingerprint density at radius 2 is 2.23 bits per heavy atom. The molecule has 0 amide bonds. The van der Waals surface area contributed by atoms with Crippen LogP contribution in [0.3, 0.4) is 0 Å². The molecule has 0 fully saturated rings. The van der Waals surface area contributed by atoms with Crippen molar-refractivity contribution in [1.29, 1.82) is 0 Å². The molecule has 74 valence electrons. The summed E-state index contributed by atoms with van der Waals surface area (Å²) in [5.74, 6) is 0.576. The maximum absolute atomic E-state index is 5.72. The SMILES string of the molecule is Cn1nnc(COCC(C)(C)N)n1. The molecular weight excluding hydrogens is 170 g/mol. The van der Waals surface area contributed by atoms with Gasteiger partial charge in [-0.25, -0.2) is 0 Å². The largest absolute Gasteiger partial charge is 0.371 e. The minimum Gasteiger partial charge on any atom is -0.371 e. The molecule has 0 unspecified atom stereocenters. The molecule has 0 bridgehead atoms. The number of nitrogens with two attached hydrogens (primary N) is 1. The molecule has 1 rings (SSSR count). The number of ether oxygens (including phenoxy) is 1. The fraction of sp³-hybridized carbons (Fsp3) is 0.857. The molecule has 0 aliphatic heterocycles. The summed E-state index contributed by atoms with van der Waals surface area (Å²) >= 11 is 0. The molecule has 6 nitrogen and oxygen atoms in total.